The molecule has 1 aromatic heterocycles. The van der Waals surface area contributed by atoms with Gasteiger partial charge in [0.25, 0.3) is 0 Å². The lowest BCUT2D eigenvalue weighted by atomic mass is 10.1. The van der Waals surface area contributed by atoms with Crippen molar-refractivity contribution in [1.82, 2.24) is 10.3 Å². The minimum Gasteiger partial charge on any atom is -0.494 e. The molecular formula is C12H13ClN2O. The SMILES string of the molecule is CNCc1cc(Cl)c2cccnc2c1OC. The van der Waals surface area contributed by atoms with Crippen molar-refractivity contribution in [2.24, 2.45) is 0 Å². The molecule has 0 aliphatic rings. The van der Waals surface area contributed by atoms with Gasteiger partial charge in [-0.15, -0.1) is 0 Å². The van der Waals surface area contributed by atoms with Gasteiger partial charge in [0.2, 0.25) is 0 Å². The van der Waals surface area contributed by atoms with Crippen LogP contribution in [0.15, 0.2) is 24.4 Å². The van der Waals surface area contributed by atoms with E-state index >= 15 is 0 Å². The van der Waals surface area contributed by atoms with E-state index in [1.165, 1.54) is 0 Å². The van der Waals surface area contributed by atoms with Crippen molar-refractivity contribution >= 4 is 22.5 Å². The first kappa shape index (κ1) is 11.2. The van der Waals surface area contributed by atoms with Crippen LogP contribution in [0.25, 0.3) is 10.9 Å². The number of pyridine rings is 1. The topological polar surface area (TPSA) is 34.2 Å². The van der Waals surface area contributed by atoms with Crippen molar-refractivity contribution in [3.8, 4) is 5.75 Å². The van der Waals surface area contributed by atoms with Gasteiger partial charge in [0, 0.05) is 23.7 Å². The zero-order valence-electron chi connectivity index (χ0n) is 9.25. The highest BCUT2D eigenvalue weighted by molar-refractivity contribution is 6.35. The zero-order chi connectivity index (χ0) is 11.5. The van der Waals surface area contributed by atoms with E-state index in [9.17, 15) is 0 Å². The molecule has 1 N–H and O–H groups in total. The molecule has 0 fully saturated rings. The Balaban J connectivity index is 2.74. The van der Waals surface area contributed by atoms with E-state index in [0.717, 1.165) is 22.2 Å². The number of ether oxygens (including phenoxy) is 1. The van der Waals surface area contributed by atoms with Crippen molar-refractivity contribution < 1.29 is 4.74 Å². The van der Waals surface area contributed by atoms with Crippen molar-refractivity contribution in [3.05, 3.63) is 35.0 Å². The molecule has 16 heavy (non-hydrogen) atoms. The van der Waals surface area contributed by atoms with Crippen LogP contribution in [0.4, 0.5) is 0 Å². The molecule has 0 aliphatic heterocycles. The van der Waals surface area contributed by atoms with Crippen LogP contribution < -0.4 is 10.1 Å². The molecular weight excluding hydrogens is 224 g/mol. The maximum absolute atomic E-state index is 6.20. The number of hydrogen-bond donors (Lipinski definition) is 1. The normalized spacial score (nSPS) is 10.7. The van der Waals surface area contributed by atoms with Crippen molar-refractivity contribution in [3.63, 3.8) is 0 Å². The predicted molar refractivity (Wildman–Crippen MR) is 66.1 cm³/mol. The molecule has 0 amide bonds. The van der Waals surface area contributed by atoms with Gasteiger partial charge in [-0.2, -0.15) is 0 Å². The minimum atomic E-state index is 0.703. The monoisotopic (exact) mass is 236 g/mol. The number of aromatic nitrogens is 1. The number of benzene rings is 1. The van der Waals surface area contributed by atoms with Crippen molar-refractivity contribution in [1.29, 1.82) is 0 Å². The van der Waals surface area contributed by atoms with Crippen LogP contribution in [0.2, 0.25) is 5.02 Å². The quantitative estimate of drug-likeness (QED) is 0.890. The van der Waals surface area contributed by atoms with Gasteiger partial charge in [0.15, 0.2) is 0 Å². The number of rotatable bonds is 3. The van der Waals surface area contributed by atoms with E-state index in [4.69, 9.17) is 16.3 Å². The summed E-state index contributed by atoms with van der Waals surface area (Å²) in [5.74, 6) is 0.786. The minimum absolute atomic E-state index is 0.703. The molecule has 0 radical (unpaired) electrons. The summed E-state index contributed by atoms with van der Waals surface area (Å²) >= 11 is 6.20. The molecule has 0 unspecified atom stereocenters. The fraction of sp³-hybridized carbons (Fsp3) is 0.250. The van der Waals surface area contributed by atoms with E-state index < -0.39 is 0 Å². The summed E-state index contributed by atoms with van der Waals surface area (Å²) in [7, 11) is 3.53. The standard InChI is InChI=1S/C12H13ClN2O/c1-14-7-8-6-10(13)9-4-3-5-15-11(9)12(8)16-2/h3-6,14H,7H2,1-2H3. The smallest absolute Gasteiger partial charge is 0.149 e. The third kappa shape index (κ3) is 1.84. The first-order valence-electron chi connectivity index (χ1n) is 5.02. The molecule has 0 aliphatic carbocycles. The number of nitrogens with one attached hydrogen (secondary N) is 1. The Morgan fingerprint density at radius 3 is 3.00 bits per heavy atom. The van der Waals surface area contributed by atoms with Crippen LogP contribution in [0.3, 0.4) is 0 Å². The van der Waals surface area contributed by atoms with E-state index in [0.29, 0.717) is 11.6 Å². The van der Waals surface area contributed by atoms with Gasteiger partial charge in [-0.05, 0) is 25.2 Å². The van der Waals surface area contributed by atoms with E-state index in [1.54, 1.807) is 13.3 Å². The molecule has 84 valence electrons. The Labute approximate surface area is 99.4 Å². The lowest BCUT2D eigenvalue weighted by Crippen LogP contribution is -2.07. The molecule has 0 spiro atoms. The second-order valence-corrected chi connectivity index (χ2v) is 3.89. The fourth-order valence-corrected chi connectivity index (χ4v) is 2.06. The molecule has 0 bridgehead atoms. The highest BCUT2D eigenvalue weighted by Crippen LogP contribution is 2.33. The highest BCUT2D eigenvalue weighted by Gasteiger charge is 2.11. The van der Waals surface area contributed by atoms with Crippen molar-refractivity contribution in [2.45, 2.75) is 6.54 Å². The van der Waals surface area contributed by atoms with Crippen LogP contribution in [-0.2, 0) is 6.54 Å². The van der Waals surface area contributed by atoms with Gasteiger partial charge in [-0.3, -0.25) is 4.98 Å². The third-order valence-electron chi connectivity index (χ3n) is 2.44. The molecule has 1 heterocycles. The second-order valence-electron chi connectivity index (χ2n) is 3.48. The summed E-state index contributed by atoms with van der Waals surface area (Å²) in [6, 6.07) is 5.72. The van der Waals surface area contributed by atoms with Gasteiger partial charge in [-0.1, -0.05) is 11.6 Å². The van der Waals surface area contributed by atoms with Gasteiger partial charge < -0.3 is 10.1 Å². The summed E-state index contributed by atoms with van der Waals surface area (Å²) in [5, 5.41) is 4.70. The first-order chi connectivity index (χ1) is 7.77. The van der Waals surface area contributed by atoms with Gasteiger partial charge in [0.1, 0.15) is 11.3 Å². The summed E-state index contributed by atoms with van der Waals surface area (Å²) in [6.45, 7) is 0.704. The second kappa shape index (κ2) is 4.68. The largest absolute Gasteiger partial charge is 0.494 e. The van der Waals surface area contributed by atoms with Gasteiger partial charge in [0.05, 0.1) is 12.1 Å². The molecule has 0 saturated heterocycles. The predicted octanol–water partition coefficient (Wildman–Crippen LogP) is 2.62. The van der Waals surface area contributed by atoms with Crippen LogP contribution in [0.1, 0.15) is 5.56 Å². The van der Waals surface area contributed by atoms with Gasteiger partial charge >= 0.3 is 0 Å². The molecule has 2 rings (SSSR count). The summed E-state index contributed by atoms with van der Waals surface area (Å²) in [5.41, 5.74) is 1.82. The maximum atomic E-state index is 6.20. The molecule has 3 nitrogen and oxygen atoms in total. The van der Waals surface area contributed by atoms with Gasteiger partial charge in [-0.25, -0.2) is 0 Å². The number of fused-ring (bicyclic) bond motifs is 1. The number of halogens is 1. The highest BCUT2D eigenvalue weighted by atomic mass is 35.5. The number of hydrogen-bond acceptors (Lipinski definition) is 3. The van der Waals surface area contributed by atoms with Crippen LogP contribution in [-0.4, -0.2) is 19.1 Å². The molecule has 0 atom stereocenters. The Morgan fingerprint density at radius 2 is 2.31 bits per heavy atom. The van der Waals surface area contributed by atoms with E-state index in [2.05, 4.69) is 10.3 Å². The third-order valence-corrected chi connectivity index (χ3v) is 2.76. The van der Waals surface area contributed by atoms with Crippen molar-refractivity contribution in [2.75, 3.05) is 14.2 Å². The fourth-order valence-electron chi connectivity index (χ4n) is 1.78. The summed E-state index contributed by atoms with van der Waals surface area (Å²) in [6.07, 6.45) is 1.74. The summed E-state index contributed by atoms with van der Waals surface area (Å²) < 4.78 is 5.41. The first-order valence-corrected chi connectivity index (χ1v) is 5.40. The van der Waals surface area contributed by atoms with Crippen LogP contribution >= 0.6 is 11.6 Å². The Kier molecular flexibility index (Phi) is 3.27. The maximum Gasteiger partial charge on any atom is 0.149 e. The Bertz CT molecular complexity index is 514. The Hall–Kier alpha value is -1.32. The lowest BCUT2D eigenvalue weighted by Gasteiger charge is -2.11. The average Bonchev–Trinajstić information content (AvgIpc) is 2.30. The number of nitrogens with zero attached hydrogens (tertiary/aromatic N) is 1. The lowest BCUT2D eigenvalue weighted by molar-refractivity contribution is 0.412. The van der Waals surface area contributed by atoms with Crippen LogP contribution in [0.5, 0.6) is 5.75 Å². The zero-order valence-corrected chi connectivity index (χ0v) is 10.0. The summed E-state index contributed by atoms with van der Waals surface area (Å²) in [4.78, 5) is 4.32. The average molecular weight is 237 g/mol. The van der Waals surface area contributed by atoms with E-state index in [-0.39, 0.29) is 0 Å². The van der Waals surface area contributed by atoms with E-state index in [1.807, 2.05) is 25.2 Å². The molecule has 4 heteroatoms. The Morgan fingerprint density at radius 1 is 1.50 bits per heavy atom. The molecule has 2 aromatic rings. The molecule has 0 saturated carbocycles. The number of methoxy groups -OCH3 is 1. The molecule has 1 aromatic carbocycles. The van der Waals surface area contributed by atoms with Crippen LogP contribution in [0, 0.1) is 0 Å².